The molecule has 0 fully saturated rings. The minimum atomic E-state index is -3.98. The van der Waals surface area contributed by atoms with Gasteiger partial charge in [-0.25, -0.2) is 13.8 Å². The maximum atomic E-state index is 13.4. The van der Waals surface area contributed by atoms with Crippen molar-refractivity contribution in [1.82, 2.24) is 5.43 Å². The summed E-state index contributed by atoms with van der Waals surface area (Å²) in [4.78, 5) is 15.0. The summed E-state index contributed by atoms with van der Waals surface area (Å²) < 4.78 is 28.6. The third-order valence-corrected chi connectivity index (χ3v) is 7.70. The summed E-state index contributed by atoms with van der Waals surface area (Å²) in [5.74, 6) is -0.559. The van der Waals surface area contributed by atoms with Gasteiger partial charge in [-0.15, -0.1) is 0 Å². The molecule has 0 saturated heterocycles. The summed E-state index contributed by atoms with van der Waals surface area (Å²) in [6, 6.07) is 21.1. The summed E-state index contributed by atoms with van der Waals surface area (Å²) in [6.07, 6.45) is 1.53. The summed E-state index contributed by atoms with van der Waals surface area (Å²) in [6.45, 7) is 7.49. The molecule has 1 N–H and O–H groups in total. The molecule has 3 aromatic rings. The Morgan fingerprint density at radius 1 is 0.971 bits per heavy atom. The van der Waals surface area contributed by atoms with Gasteiger partial charge in [0.2, 0.25) is 0 Å². The van der Waals surface area contributed by atoms with Gasteiger partial charge < -0.3 is 4.90 Å². The number of carbonyl (C=O) groups is 1. The van der Waals surface area contributed by atoms with E-state index in [4.69, 9.17) is 0 Å². The number of amides is 1. The van der Waals surface area contributed by atoms with Crippen LogP contribution in [0.25, 0.3) is 0 Å². The SMILES string of the molecule is CCN(CC)c1ccc(/C=N\NC(=O)CN(c2cccc(Br)c2)S(=O)(=O)c2ccc(C)cc2)cc1. The van der Waals surface area contributed by atoms with Crippen molar-refractivity contribution in [2.24, 2.45) is 5.10 Å². The Labute approximate surface area is 215 Å². The van der Waals surface area contributed by atoms with Crippen molar-refractivity contribution in [3.05, 3.63) is 88.4 Å². The highest BCUT2D eigenvalue weighted by atomic mass is 79.9. The van der Waals surface area contributed by atoms with E-state index in [1.165, 1.54) is 18.3 Å². The normalized spacial score (nSPS) is 11.4. The third kappa shape index (κ3) is 6.93. The number of hydrogen-bond acceptors (Lipinski definition) is 5. The molecule has 0 heterocycles. The van der Waals surface area contributed by atoms with Crippen LogP contribution in [0.2, 0.25) is 0 Å². The number of aryl methyl sites for hydroxylation is 1. The van der Waals surface area contributed by atoms with Crippen LogP contribution in [0.4, 0.5) is 11.4 Å². The lowest BCUT2D eigenvalue weighted by molar-refractivity contribution is -0.119. The van der Waals surface area contributed by atoms with Crippen LogP contribution in [0.15, 0.2) is 87.3 Å². The Hall–Kier alpha value is -3.17. The number of carbonyl (C=O) groups excluding carboxylic acids is 1. The second-order valence-corrected chi connectivity index (χ2v) is 10.6. The number of nitrogens with one attached hydrogen (secondary N) is 1. The molecule has 1 amide bonds. The Morgan fingerprint density at radius 3 is 2.23 bits per heavy atom. The van der Waals surface area contributed by atoms with Gasteiger partial charge in [-0.2, -0.15) is 5.10 Å². The molecule has 0 atom stereocenters. The fourth-order valence-corrected chi connectivity index (χ4v) is 5.29. The fraction of sp³-hybridized carbons (Fsp3) is 0.231. The standard InChI is InChI=1S/C26H29BrN4O3S/c1-4-30(5-2)23-13-11-21(12-14-23)18-28-29-26(32)19-31(24-8-6-7-22(27)17-24)35(33,34)25-15-9-20(3)10-16-25/h6-18H,4-5,19H2,1-3H3,(H,29,32)/b28-18-. The van der Waals surface area contributed by atoms with Crippen LogP contribution in [0.5, 0.6) is 0 Å². The first-order chi connectivity index (χ1) is 16.7. The maximum absolute atomic E-state index is 13.4. The third-order valence-electron chi connectivity index (χ3n) is 5.42. The number of sulfonamides is 1. The van der Waals surface area contributed by atoms with E-state index in [1.807, 2.05) is 31.2 Å². The molecule has 0 aliphatic heterocycles. The number of hydrazone groups is 1. The van der Waals surface area contributed by atoms with Crippen LogP contribution in [0, 0.1) is 6.92 Å². The highest BCUT2D eigenvalue weighted by Crippen LogP contribution is 2.26. The van der Waals surface area contributed by atoms with Gasteiger partial charge in [0.05, 0.1) is 16.8 Å². The van der Waals surface area contributed by atoms with Crippen LogP contribution in [0.1, 0.15) is 25.0 Å². The van der Waals surface area contributed by atoms with Gasteiger partial charge in [-0.1, -0.05) is 51.8 Å². The first kappa shape index (κ1) is 26.4. The monoisotopic (exact) mass is 556 g/mol. The van der Waals surface area contributed by atoms with Crippen LogP contribution in [0.3, 0.4) is 0 Å². The van der Waals surface area contributed by atoms with Crippen molar-refractivity contribution in [1.29, 1.82) is 0 Å². The predicted molar refractivity (Wildman–Crippen MR) is 146 cm³/mol. The molecule has 0 unspecified atom stereocenters. The molecular weight excluding hydrogens is 528 g/mol. The second-order valence-electron chi connectivity index (χ2n) is 7.86. The molecular formula is C26H29BrN4O3S. The zero-order valence-electron chi connectivity index (χ0n) is 20.0. The Bertz CT molecular complexity index is 1270. The predicted octanol–water partition coefficient (Wildman–Crippen LogP) is 4.95. The summed E-state index contributed by atoms with van der Waals surface area (Å²) in [5.41, 5.74) is 5.68. The van der Waals surface area contributed by atoms with Crippen LogP contribution in [-0.4, -0.2) is 40.2 Å². The average molecular weight is 558 g/mol. The largest absolute Gasteiger partial charge is 0.372 e. The van der Waals surface area contributed by atoms with E-state index in [9.17, 15) is 13.2 Å². The zero-order valence-corrected chi connectivity index (χ0v) is 22.4. The molecule has 0 spiro atoms. The van der Waals surface area contributed by atoms with E-state index in [1.54, 1.807) is 36.4 Å². The minimum absolute atomic E-state index is 0.104. The molecule has 184 valence electrons. The van der Waals surface area contributed by atoms with E-state index >= 15 is 0 Å². The lowest BCUT2D eigenvalue weighted by atomic mass is 10.2. The quantitative estimate of drug-likeness (QED) is 0.283. The van der Waals surface area contributed by atoms with Crippen LogP contribution in [-0.2, 0) is 14.8 Å². The molecule has 0 aromatic heterocycles. The minimum Gasteiger partial charge on any atom is -0.372 e. The molecule has 0 aliphatic carbocycles. The topological polar surface area (TPSA) is 82.1 Å². The van der Waals surface area contributed by atoms with Crippen molar-refractivity contribution in [3.63, 3.8) is 0 Å². The molecule has 3 rings (SSSR count). The van der Waals surface area contributed by atoms with E-state index in [2.05, 4.69) is 45.2 Å². The number of benzene rings is 3. The first-order valence-corrected chi connectivity index (χ1v) is 13.5. The Balaban J connectivity index is 1.76. The number of nitrogens with zero attached hydrogens (tertiary/aromatic N) is 3. The molecule has 35 heavy (non-hydrogen) atoms. The number of hydrogen-bond donors (Lipinski definition) is 1. The fourth-order valence-electron chi connectivity index (χ4n) is 3.49. The summed E-state index contributed by atoms with van der Waals surface area (Å²) in [7, 11) is -3.98. The lowest BCUT2D eigenvalue weighted by Gasteiger charge is -2.24. The maximum Gasteiger partial charge on any atom is 0.264 e. The Morgan fingerprint density at radius 2 is 1.63 bits per heavy atom. The second kappa shape index (κ2) is 12.0. The highest BCUT2D eigenvalue weighted by molar-refractivity contribution is 9.10. The lowest BCUT2D eigenvalue weighted by Crippen LogP contribution is -2.39. The van der Waals surface area contributed by atoms with Crippen LogP contribution >= 0.6 is 15.9 Å². The van der Waals surface area contributed by atoms with Gasteiger partial charge in [0.15, 0.2) is 0 Å². The van der Waals surface area contributed by atoms with Gasteiger partial charge in [-0.3, -0.25) is 9.10 Å². The number of rotatable bonds is 10. The average Bonchev–Trinajstić information content (AvgIpc) is 2.84. The number of halogens is 1. The van der Waals surface area contributed by atoms with Gasteiger partial charge in [0.25, 0.3) is 15.9 Å². The molecule has 0 radical (unpaired) electrons. The van der Waals surface area contributed by atoms with Gasteiger partial charge in [0, 0.05) is 23.2 Å². The molecule has 0 aliphatic rings. The molecule has 9 heteroatoms. The smallest absolute Gasteiger partial charge is 0.264 e. The van der Waals surface area contributed by atoms with E-state index in [0.29, 0.717) is 10.2 Å². The van der Waals surface area contributed by atoms with E-state index in [0.717, 1.165) is 34.2 Å². The van der Waals surface area contributed by atoms with Crippen molar-refractivity contribution < 1.29 is 13.2 Å². The van der Waals surface area contributed by atoms with Gasteiger partial charge in [0.1, 0.15) is 6.54 Å². The zero-order chi connectivity index (χ0) is 25.4. The van der Waals surface area contributed by atoms with Crippen molar-refractivity contribution >= 4 is 49.4 Å². The van der Waals surface area contributed by atoms with Crippen molar-refractivity contribution in [2.75, 3.05) is 28.8 Å². The van der Waals surface area contributed by atoms with Crippen molar-refractivity contribution in [3.8, 4) is 0 Å². The molecule has 7 nitrogen and oxygen atoms in total. The van der Waals surface area contributed by atoms with Crippen molar-refractivity contribution in [2.45, 2.75) is 25.7 Å². The highest BCUT2D eigenvalue weighted by Gasteiger charge is 2.27. The molecule has 0 bridgehead atoms. The van der Waals surface area contributed by atoms with E-state index in [-0.39, 0.29) is 4.90 Å². The van der Waals surface area contributed by atoms with Gasteiger partial charge in [-0.05, 0) is 68.8 Å². The summed E-state index contributed by atoms with van der Waals surface area (Å²) in [5, 5.41) is 4.02. The Kier molecular flexibility index (Phi) is 9.06. The van der Waals surface area contributed by atoms with Crippen LogP contribution < -0.4 is 14.6 Å². The molecule has 3 aromatic carbocycles. The summed E-state index contributed by atoms with van der Waals surface area (Å²) >= 11 is 3.37. The first-order valence-electron chi connectivity index (χ1n) is 11.3. The number of anilines is 2. The molecule has 0 saturated carbocycles. The van der Waals surface area contributed by atoms with Gasteiger partial charge >= 0.3 is 0 Å². The van der Waals surface area contributed by atoms with E-state index < -0.39 is 22.5 Å².